The van der Waals surface area contributed by atoms with Crippen molar-refractivity contribution >= 4 is 5.69 Å². The second kappa shape index (κ2) is 9.89. The van der Waals surface area contributed by atoms with Gasteiger partial charge in [-0.3, -0.25) is 4.90 Å². The number of nitrogens with one attached hydrogen (secondary N) is 1. The van der Waals surface area contributed by atoms with Gasteiger partial charge in [-0.1, -0.05) is 0 Å². The van der Waals surface area contributed by atoms with E-state index in [4.69, 9.17) is 4.74 Å². The number of ether oxygens (including phenoxy) is 1. The quantitative estimate of drug-likeness (QED) is 0.602. The first-order valence-electron chi connectivity index (χ1n) is 11.2. The topological polar surface area (TPSA) is 71.4 Å². The van der Waals surface area contributed by atoms with Gasteiger partial charge in [0.05, 0.1) is 18.8 Å². The van der Waals surface area contributed by atoms with Gasteiger partial charge in [0, 0.05) is 44.5 Å². The molecule has 4 unspecified atom stereocenters. The lowest BCUT2D eigenvalue weighted by atomic mass is 10.00. The summed E-state index contributed by atoms with van der Waals surface area (Å²) >= 11 is 0. The molecule has 4 atom stereocenters. The molecule has 0 spiro atoms. The summed E-state index contributed by atoms with van der Waals surface area (Å²) in [5, 5.41) is 24.1. The summed E-state index contributed by atoms with van der Waals surface area (Å²) in [6.07, 6.45) is 0.868. The Bertz CT molecular complexity index is 663. The van der Waals surface area contributed by atoms with Crippen LogP contribution in [0.1, 0.15) is 12.8 Å². The number of hydrogen-bond donors (Lipinski definition) is 3. The molecule has 3 aliphatic rings. The molecule has 1 aromatic carbocycles. The van der Waals surface area contributed by atoms with Crippen LogP contribution in [0.5, 0.6) is 0 Å². The van der Waals surface area contributed by atoms with Gasteiger partial charge in [0.2, 0.25) is 0 Å². The van der Waals surface area contributed by atoms with Crippen molar-refractivity contribution in [3.05, 3.63) is 30.1 Å². The molecule has 0 radical (unpaired) electrons. The molecule has 0 bridgehead atoms. The Morgan fingerprint density at radius 3 is 2.33 bits per heavy atom. The minimum atomic E-state index is -0.698. The molecule has 4 rings (SSSR count). The summed E-state index contributed by atoms with van der Waals surface area (Å²) in [7, 11) is 2.15. The monoisotopic (exact) mass is 422 g/mol. The molecule has 3 fully saturated rings. The third kappa shape index (κ3) is 4.95. The van der Waals surface area contributed by atoms with Crippen molar-refractivity contribution in [2.24, 2.45) is 0 Å². The van der Waals surface area contributed by atoms with Crippen LogP contribution in [0.4, 0.5) is 10.1 Å². The maximum atomic E-state index is 13.2. The largest absolute Gasteiger partial charge is 0.394 e. The van der Waals surface area contributed by atoms with Crippen LogP contribution in [0.3, 0.4) is 0 Å². The molecule has 0 aliphatic carbocycles. The van der Waals surface area contributed by atoms with Crippen molar-refractivity contribution < 1.29 is 19.3 Å². The number of hydrogen-bond acceptors (Lipinski definition) is 7. The van der Waals surface area contributed by atoms with E-state index >= 15 is 0 Å². The molecular formula is C22H35FN4O3. The molecule has 30 heavy (non-hydrogen) atoms. The van der Waals surface area contributed by atoms with Crippen LogP contribution in [0.25, 0.3) is 0 Å². The first-order chi connectivity index (χ1) is 14.5. The highest BCUT2D eigenvalue weighted by atomic mass is 19.1. The third-order valence-corrected chi connectivity index (χ3v) is 6.90. The fourth-order valence-corrected chi connectivity index (χ4v) is 5.02. The third-order valence-electron chi connectivity index (χ3n) is 6.90. The molecule has 3 heterocycles. The second-order valence-electron chi connectivity index (χ2n) is 8.86. The Kier molecular flexibility index (Phi) is 7.23. The SMILES string of the molecule is CN1CCC(NCC2OC(CO)C(O)C2N2CCN(c3ccc(F)cc3)CC2)CC1. The first-order valence-corrected chi connectivity index (χ1v) is 11.2. The van der Waals surface area contributed by atoms with E-state index in [9.17, 15) is 14.6 Å². The minimum Gasteiger partial charge on any atom is -0.394 e. The Hall–Kier alpha value is -1.29. The van der Waals surface area contributed by atoms with E-state index in [-0.39, 0.29) is 24.6 Å². The molecule has 168 valence electrons. The van der Waals surface area contributed by atoms with Crippen LogP contribution >= 0.6 is 0 Å². The number of nitrogens with zero attached hydrogens (tertiary/aromatic N) is 3. The number of aliphatic hydroxyl groups excluding tert-OH is 2. The lowest BCUT2D eigenvalue weighted by Gasteiger charge is -2.41. The Balaban J connectivity index is 1.34. The molecule has 7 nitrogen and oxygen atoms in total. The van der Waals surface area contributed by atoms with E-state index in [0.29, 0.717) is 12.6 Å². The van der Waals surface area contributed by atoms with Gasteiger partial charge in [0.25, 0.3) is 0 Å². The highest BCUT2D eigenvalue weighted by molar-refractivity contribution is 5.46. The number of halogens is 1. The molecule has 1 aromatic rings. The smallest absolute Gasteiger partial charge is 0.123 e. The second-order valence-corrected chi connectivity index (χ2v) is 8.86. The van der Waals surface area contributed by atoms with Crippen LogP contribution in [-0.4, -0.2) is 110 Å². The molecule has 3 aliphatic heterocycles. The van der Waals surface area contributed by atoms with Gasteiger partial charge in [-0.25, -0.2) is 4.39 Å². The highest BCUT2D eigenvalue weighted by Gasteiger charge is 2.46. The summed E-state index contributed by atoms with van der Waals surface area (Å²) in [4.78, 5) is 6.88. The predicted molar refractivity (Wildman–Crippen MR) is 114 cm³/mol. The minimum absolute atomic E-state index is 0.128. The number of aliphatic hydroxyl groups is 2. The lowest BCUT2D eigenvalue weighted by molar-refractivity contribution is -0.0222. The van der Waals surface area contributed by atoms with E-state index in [1.165, 1.54) is 12.1 Å². The zero-order chi connectivity index (χ0) is 21.1. The Morgan fingerprint density at radius 2 is 1.70 bits per heavy atom. The van der Waals surface area contributed by atoms with Crippen molar-refractivity contribution in [1.82, 2.24) is 15.1 Å². The van der Waals surface area contributed by atoms with Gasteiger partial charge in [-0.15, -0.1) is 0 Å². The fraction of sp³-hybridized carbons (Fsp3) is 0.727. The molecule has 3 saturated heterocycles. The Labute approximate surface area is 178 Å². The summed E-state index contributed by atoms with van der Waals surface area (Å²) in [6.45, 7) is 5.93. The van der Waals surface area contributed by atoms with Crippen molar-refractivity contribution in [3.63, 3.8) is 0 Å². The summed E-state index contributed by atoms with van der Waals surface area (Å²) in [6, 6.07) is 6.96. The highest BCUT2D eigenvalue weighted by Crippen LogP contribution is 2.28. The normalized spacial score (nSPS) is 32.1. The molecule has 8 heteroatoms. The van der Waals surface area contributed by atoms with E-state index in [0.717, 1.165) is 57.8 Å². The molecular weight excluding hydrogens is 387 g/mol. The number of piperidine rings is 1. The number of piperazine rings is 1. The van der Waals surface area contributed by atoms with Crippen LogP contribution in [0.2, 0.25) is 0 Å². The van der Waals surface area contributed by atoms with Gasteiger partial charge in [0.1, 0.15) is 18.0 Å². The fourth-order valence-electron chi connectivity index (χ4n) is 5.02. The van der Waals surface area contributed by atoms with Crippen LogP contribution in [0, 0.1) is 5.82 Å². The van der Waals surface area contributed by atoms with Crippen molar-refractivity contribution in [3.8, 4) is 0 Å². The first kappa shape index (κ1) is 21.9. The zero-order valence-electron chi connectivity index (χ0n) is 17.8. The van der Waals surface area contributed by atoms with Gasteiger partial charge < -0.3 is 30.1 Å². The predicted octanol–water partition coefficient (Wildman–Crippen LogP) is 0.121. The molecule has 0 aromatic heterocycles. The summed E-state index contributed by atoms with van der Waals surface area (Å²) in [5.41, 5.74) is 1.02. The number of anilines is 1. The number of benzene rings is 1. The molecule has 0 amide bonds. The van der Waals surface area contributed by atoms with Gasteiger partial charge >= 0.3 is 0 Å². The van der Waals surface area contributed by atoms with Crippen LogP contribution in [0.15, 0.2) is 24.3 Å². The van der Waals surface area contributed by atoms with Crippen LogP contribution < -0.4 is 10.2 Å². The standard InChI is InChI=1S/C22H35FN4O3/c1-25-8-6-17(7-9-25)24-14-19-21(22(29)20(15-28)30-19)27-12-10-26(11-13-27)18-4-2-16(23)3-5-18/h2-5,17,19-22,24,28-29H,6-15H2,1H3. The van der Waals surface area contributed by atoms with Crippen molar-refractivity contribution in [1.29, 1.82) is 0 Å². The van der Waals surface area contributed by atoms with Gasteiger partial charge in [-0.05, 0) is 57.2 Å². The average molecular weight is 423 g/mol. The van der Waals surface area contributed by atoms with Gasteiger partial charge in [0.15, 0.2) is 0 Å². The Morgan fingerprint density at radius 1 is 1.03 bits per heavy atom. The summed E-state index contributed by atoms with van der Waals surface area (Å²) < 4.78 is 19.3. The van der Waals surface area contributed by atoms with E-state index < -0.39 is 12.2 Å². The lowest BCUT2D eigenvalue weighted by Crippen LogP contribution is -2.58. The van der Waals surface area contributed by atoms with E-state index in [1.807, 2.05) is 12.1 Å². The van der Waals surface area contributed by atoms with E-state index in [2.05, 4.69) is 27.1 Å². The zero-order valence-corrected chi connectivity index (χ0v) is 17.8. The number of rotatable bonds is 6. The molecule has 3 N–H and O–H groups in total. The maximum absolute atomic E-state index is 13.2. The van der Waals surface area contributed by atoms with Gasteiger partial charge in [-0.2, -0.15) is 0 Å². The maximum Gasteiger partial charge on any atom is 0.123 e. The number of likely N-dealkylation sites (tertiary alicyclic amines) is 1. The van der Waals surface area contributed by atoms with E-state index in [1.54, 1.807) is 0 Å². The van der Waals surface area contributed by atoms with Crippen molar-refractivity contribution in [2.75, 3.05) is 64.4 Å². The van der Waals surface area contributed by atoms with Crippen LogP contribution in [-0.2, 0) is 4.74 Å². The average Bonchev–Trinajstić information content (AvgIpc) is 3.09. The summed E-state index contributed by atoms with van der Waals surface area (Å²) in [5.74, 6) is -0.224. The van der Waals surface area contributed by atoms with Crippen molar-refractivity contribution in [2.45, 2.75) is 43.2 Å². The molecule has 0 saturated carbocycles.